The van der Waals surface area contributed by atoms with Crippen LogP contribution < -0.4 is 9.65 Å². The molecule has 0 aliphatic rings. The molecule has 34 heavy (non-hydrogen) atoms. The molecule has 2 heterocycles. The average Bonchev–Trinajstić information content (AvgIpc) is 2.81. The van der Waals surface area contributed by atoms with Crippen LogP contribution in [0.25, 0.3) is 11.1 Å². The van der Waals surface area contributed by atoms with Crippen molar-refractivity contribution >= 4 is 23.1 Å². The van der Waals surface area contributed by atoms with Gasteiger partial charge in [-0.15, -0.1) is 0 Å². The Morgan fingerprint density at radius 2 is 1.29 bits per heavy atom. The summed E-state index contributed by atoms with van der Waals surface area (Å²) in [6.45, 7) is 4.04. The Balaban J connectivity index is 0.000000182. The molecule has 0 spiro atoms. The van der Waals surface area contributed by atoms with E-state index in [9.17, 15) is 12.3 Å². The Morgan fingerprint density at radius 1 is 0.765 bits per heavy atom. The Labute approximate surface area is 199 Å². The first-order chi connectivity index (χ1) is 16.1. The van der Waals surface area contributed by atoms with Crippen LogP contribution in [0.3, 0.4) is 0 Å². The molecular formula is C24H24BFN2O5S. The number of hydrogen-bond acceptors (Lipinski definition) is 7. The molecule has 4 rings (SSSR count). The van der Waals surface area contributed by atoms with Crippen molar-refractivity contribution < 1.29 is 26.5 Å². The van der Waals surface area contributed by atoms with Gasteiger partial charge in [0, 0.05) is 18.6 Å². The lowest BCUT2D eigenvalue weighted by molar-refractivity contribution is 0.425. The van der Waals surface area contributed by atoms with Crippen molar-refractivity contribution in [3.05, 3.63) is 109 Å². The summed E-state index contributed by atoms with van der Waals surface area (Å²) in [7, 11) is -6.26. The van der Waals surface area contributed by atoms with Crippen LogP contribution in [0, 0.1) is 13.8 Å². The number of halogens is 1. The van der Waals surface area contributed by atoms with Crippen molar-refractivity contribution in [1.82, 2.24) is 9.97 Å². The predicted molar refractivity (Wildman–Crippen MR) is 130 cm³/mol. The van der Waals surface area contributed by atoms with Crippen LogP contribution >= 0.6 is 0 Å². The minimum Gasteiger partial charge on any atom is -0.423 e. The second-order valence-electron chi connectivity index (χ2n) is 7.06. The van der Waals surface area contributed by atoms with E-state index in [-0.39, 0.29) is 5.75 Å². The number of pyridine rings is 2. The van der Waals surface area contributed by atoms with Gasteiger partial charge in [0.1, 0.15) is 0 Å². The molecule has 0 unspecified atom stereocenters. The quantitative estimate of drug-likeness (QED) is 0.339. The summed E-state index contributed by atoms with van der Waals surface area (Å²) < 4.78 is 35.4. The summed E-state index contributed by atoms with van der Waals surface area (Å²) in [6.07, 6.45) is 6.18. The van der Waals surface area contributed by atoms with Gasteiger partial charge in [-0.1, -0.05) is 69.6 Å². The highest BCUT2D eigenvalue weighted by Gasteiger charge is 2.09. The fourth-order valence-electron chi connectivity index (χ4n) is 2.53. The van der Waals surface area contributed by atoms with Crippen LogP contribution in [0.5, 0.6) is 5.75 Å². The molecule has 2 N–H and O–H groups in total. The van der Waals surface area contributed by atoms with E-state index in [4.69, 9.17) is 10.0 Å². The van der Waals surface area contributed by atoms with E-state index < -0.39 is 17.6 Å². The topological polar surface area (TPSA) is 110 Å². The molecule has 0 bridgehead atoms. The molecule has 4 aromatic rings. The van der Waals surface area contributed by atoms with E-state index in [1.807, 2.05) is 31.3 Å². The molecule has 0 saturated carbocycles. The number of nitrogens with zero attached hydrogens (tertiary/aromatic N) is 2. The van der Waals surface area contributed by atoms with Crippen LogP contribution in [-0.2, 0) is 10.5 Å². The molecule has 0 saturated heterocycles. The SMILES string of the molecule is Cc1ccc(-c2cccnc2)cc1.Cc1ccc(B(O)O)cc1.O=S(=O)(F)Oc1cccnc1. The first-order valence-corrected chi connectivity index (χ1v) is 11.4. The molecular weight excluding hydrogens is 458 g/mol. The monoisotopic (exact) mass is 482 g/mol. The molecule has 0 amide bonds. The van der Waals surface area contributed by atoms with Gasteiger partial charge in [0.15, 0.2) is 5.75 Å². The summed E-state index contributed by atoms with van der Waals surface area (Å²) >= 11 is 0. The minimum atomic E-state index is -4.92. The van der Waals surface area contributed by atoms with Crippen LogP contribution in [-0.4, -0.2) is 35.6 Å². The largest absolute Gasteiger partial charge is 0.488 e. The maximum absolute atomic E-state index is 11.8. The number of aromatic nitrogens is 2. The van der Waals surface area contributed by atoms with Crippen molar-refractivity contribution in [3.8, 4) is 16.9 Å². The number of aryl methyl sites for hydroxylation is 2. The molecule has 0 atom stereocenters. The van der Waals surface area contributed by atoms with E-state index in [0.717, 1.165) is 11.8 Å². The van der Waals surface area contributed by atoms with Gasteiger partial charge >= 0.3 is 17.6 Å². The highest BCUT2D eigenvalue weighted by molar-refractivity contribution is 7.81. The van der Waals surface area contributed by atoms with Crippen LogP contribution in [0.1, 0.15) is 11.1 Å². The second-order valence-corrected chi connectivity index (χ2v) is 8.01. The summed E-state index contributed by atoms with van der Waals surface area (Å²) in [4.78, 5) is 7.60. The average molecular weight is 482 g/mol. The third kappa shape index (κ3) is 10.3. The number of rotatable bonds is 4. The summed E-state index contributed by atoms with van der Waals surface area (Å²) in [5.41, 5.74) is 5.32. The van der Waals surface area contributed by atoms with Gasteiger partial charge in [-0.05, 0) is 48.6 Å². The lowest BCUT2D eigenvalue weighted by Gasteiger charge is -2.00. The summed E-state index contributed by atoms with van der Waals surface area (Å²) in [5.74, 6) is -0.144. The highest BCUT2D eigenvalue weighted by Crippen LogP contribution is 2.17. The highest BCUT2D eigenvalue weighted by atomic mass is 32.3. The maximum Gasteiger partial charge on any atom is 0.488 e. The third-order valence-electron chi connectivity index (χ3n) is 4.25. The van der Waals surface area contributed by atoms with E-state index >= 15 is 0 Å². The molecule has 0 radical (unpaired) electrons. The summed E-state index contributed by atoms with van der Waals surface area (Å²) in [6, 6.07) is 22.3. The van der Waals surface area contributed by atoms with Gasteiger partial charge in [-0.2, -0.15) is 8.42 Å². The molecule has 10 heteroatoms. The van der Waals surface area contributed by atoms with E-state index in [0.29, 0.717) is 5.46 Å². The molecule has 7 nitrogen and oxygen atoms in total. The Kier molecular flexibility index (Phi) is 10.3. The fourth-order valence-corrected chi connectivity index (χ4v) is 2.86. The lowest BCUT2D eigenvalue weighted by atomic mass is 9.80. The normalized spacial score (nSPS) is 10.1. The number of hydrogen-bond donors (Lipinski definition) is 2. The van der Waals surface area contributed by atoms with Gasteiger partial charge < -0.3 is 14.2 Å². The zero-order valence-electron chi connectivity index (χ0n) is 18.6. The Morgan fingerprint density at radius 3 is 1.74 bits per heavy atom. The van der Waals surface area contributed by atoms with Gasteiger partial charge in [0.05, 0.1) is 6.20 Å². The zero-order valence-corrected chi connectivity index (χ0v) is 19.4. The first-order valence-electron chi connectivity index (χ1n) is 10.1. The van der Waals surface area contributed by atoms with Crippen molar-refractivity contribution in [2.45, 2.75) is 13.8 Å². The standard InChI is InChI=1S/C12H11N.C7H9BO2.C5H4FNO3S/c1-10-4-6-11(7-5-10)12-3-2-8-13-9-12;1-6-2-4-7(5-3-6)8(9)10;6-11(8,9)10-5-2-1-3-7-4-5/h2-9H,1H3;2-5,9-10H,1H3;1-4H. The van der Waals surface area contributed by atoms with E-state index in [2.05, 4.69) is 51.4 Å². The minimum absolute atomic E-state index is 0.144. The van der Waals surface area contributed by atoms with Gasteiger partial charge in [0.2, 0.25) is 0 Å². The Bertz CT molecular complexity index is 1230. The molecule has 2 aromatic carbocycles. The van der Waals surface area contributed by atoms with Gasteiger partial charge in [-0.25, -0.2) is 0 Å². The fraction of sp³-hybridized carbons (Fsp3) is 0.0833. The molecule has 2 aromatic heterocycles. The second kappa shape index (κ2) is 13.2. The van der Waals surface area contributed by atoms with E-state index in [1.165, 1.54) is 35.0 Å². The van der Waals surface area contributed by atoms with Crippen LogP contribution in [0.15, 0.2) is 97.6 Å². The maximum atomic E-state index is 11.8. The van der Waals surface area contributed by atoms with Gasteiger partial charge in [-0.3, -0.25) is 9.97 Å². The third-order valence-corrected chi connectivity index (χ3v) is 4.64. The van der Waals surface area contributed by atoms with Crippen LogP contribution in [0.4, 0.5) is 3.89 Å². The van der Waals surface area contributed by atoms with E-state index in [1.54, 1.807) is 18.3 Å². The first kappa shape index (κ1) is 26.7. The zero-order chi connectivity index (χ0) is 25.0. The van der Waals surface area contributed by atoms with Crippen molar-refractivity contribution in [2.24, 2.45) is 0 Å². The van der Waals surface area contributed by atoms with Crippen molar-refractivity contribution in [2.75, 3.05) is 0 Å². The number of benzene rings is 2. The van der Waals surface area contributed by atoms with Crippen molar-refractivity contribution in [1.29, 1.82) is 0 Å². The predicted octanol–water partition coefficient (Wildman–Crippen LogP) is 3.41. The smallest absolute Gasteiger partial charge is 0.423 e. The lowest BCUT2D eigenvalue weighted by Crippen LogP contribution is -2.29. The molecule has 0 aliphatic heterocycles. The Hall–Kier alpha value is -3.60. The molecule has 176 valence electrons. The van der Waals surface area contributed by atoms with Gasteiger partial charge in [0.25, 0.3) is 0 Å². The molecule has 0 fully saturated rings. The molecule has 0 aliphatic carbocycles. The van der Waals surface area contributed by atoms with Crippen molar-refractivity contribution in [3.63, 3.8) is 0 Å². The summed E-state index contributed by atoms with van der Waals surface area (Å²) in [5, 5.41) is 17.3. The van der Waals surface area contributed by atoms with Crippen LogP contribution in [0.2, 0.25) is 0 Å².